The van der Waals surface area contributed by atoms with Crippen molar-refractivity contribution in [3.63, 3.8) is 0 Å². The highest BCUT2D eigenvalue weighted by Gasteiger charge is 2.26. The smallest absolute Gasteiger partial charge is 0.303 e. The Kier molecular flexibility index (Phi) is 5.57. The van der Waals surface area contributed by atoms with Gasteiger partial charge in [0.1, 0.15) is 0 Å². The van der Waals surface area contributed by atoms with Gasteiger partial charge in [-0.1, -0.05) is 48.5 Å². The zero-order valence-electron chi connectivity index (χ0n) is 14.1. The number of nitrogens with one attached hydrogen (secondary N) is 2. The average Bonchev–Trinajstić information content (AvgIpc) is 3.03. The van der Waals surface area contributed by atoms with E-state index in [0.717, 1.165) is 22.0 Å². The lowest BCUT2D eigenvalue weighted by Gasteiger charge is -2.22. The van der Waals surface area contributed by atoms with E-state index in [2.05, 4.69) is 10.1 Å². The molecule has 0 spiro atoms. The summed E-state index contributed by atoms with van der Waals surface area (Å²) in [6, 6.07) is 16.1. The summed E-state index contributed by atoms with van der Waals surface area (Å²) in [4.78, 5) is 24.6. The predicted molar refractivity (Wildman–Crippen MR) is 101 cm³/mol. The molecule has 3 rings (SSSR count). The number of aromatic nitrogens is 1. The summed E-state index contributed by atoms with van der Waals surface area (Å²) < 4.78 is 12.8. The van der Waals surface area contributed by atoms with Crippen LogP contribution in [0, 0.1) is 0 Å². The van der Waals surface area contributed by atoms with Gasteiger partial charge in [-0.15, -0.1) is 0 Å². The van der Waals surface area contributed by atoms with E-state index in [-0.39, 0.29) is 19.0 Å². The largest absolute Gasteiger partial charge is 0.481 e. The van der Waals surface area contributed by atoms with Crippen LogP contribution in [-0.2, 0) is 15.5 Å². The highest BCUT2D eigenvalue weighted by Crippen LogP contribution is 2.44. The SMILES string of the molecule is O=C(O)CCC(NP(=O)(O)Cc1ccccc1)c1c[nH]c2ccccc12. The number of H-pyrrole nitrogens is 1. The van der Waals surface area contributed by atoms with E-state index >= 15 is 0 Å². The van der Waals surface area contributed by atoms with Crippen LogP contribution in [-0.4, -0.2) is 21.0 Å². The second-order valence-corrected chi connectivity index (χ2v) is 8.23. The van der Waals surface area contributed by atoms with Crippen LogP contribution in [0.4, 0.5) is 0 Å². The van der Waals surface area contributed by atoms with Crippen LogP contribution in [0.1, 0.15) is 30.0 Å². The van der Waals surface area contributed by atoms with Crippen molar-refractivity contribution >= 4 is 24.4 Å². The Bertz CT molecular complexity index is 939. The van der Waals surface area contributed by atoms with Gasteiger partial charge in [-0.3, -0.25) is 9.36 Å². The van der Waals surface area contributed by atoms with E-state index in [9.17, 15) is 14.3 Å². The predicted octanol–water partition coefficient (Wildman–Crippen LogP) is 4.05. The molecule has 0 saturated heterocycles. The lowest BCUT2D eigenvalue weighted by molar-refractivity contribution is -0.137. The third-order valence-electron chi connectivity index (χ3n) is 4.24. The number of carboxylic acids is 1. The van der Waals surface area contributed by atoms with Gasteiger partial charge in [-0.2, -0.15) is 0 Å². The third kappa shape index (κ3) is 4.61. The Labute approximate surface area is 151 Å². The summed E-state index contributed by atoms with van der Waals surface area (Å²) in [7, 11) is -3.71. The second-order valence-electron chi connectivity index (χ2n) is 6.25. The number of benzene rings is 2. The number of aromatic amines is 1. The number of hydrogen-bond donors (Lipinski definition) is 4. The van der Waals surface area contributed by atoms with Crippen LogP contribution in [0.3, 0.4) is 0 Å². The minimum Gasteiger partial charge on any atom is -0.481 e. The van der Waals surface area contributed by atoms with E-state index in [0.29, 0.717) is 0 Å². The van der Waals surface area contributed by atoms with Gasteiger partial charge in [-0.05, 0) is 23.6 Å². The van der Waals surface area contributed by atoms with E-state index < -0.39 is 19.5 Å². The number of carbonyl (C=O) groups is 1. The lowest BCUT2D eigenvalue weighted by atomic mass is 10.0. The van der Waals surface area contributed by atoms with Crippen LogP contribution < -0.4 is 5.09 Å². The molecule has 6 nitrogen and oxygen atoms in total. The number of hydrogen-bond acceptors (Lipinski definition) is 2. The van der Waals surface area contributed by atoms with Crippen molar-refractivity contribution in [3.05, 3.63) is 71.9 Å². The summed E-state index contributed by atoms with van der Waals surface area (Å²) in [5.41, 5.74) is 2.45. The Balaban J connectivity index is 1.86. The standard InChI is InChI=1S/C19H21N2O4P/c22-19(23)11-10-18(16-12-20-17-9-5-4-8-15(16)17)21-26(24,25)13-14-6-2-1-3-7-14/h1-9,12,18,20H,10-11,13H2,(H,22,23)(H2,21,24,25). The fourth-order valence-electron chi connectivity index (χ4n) is 3.06. The van der Waals surface area contributed by atoms with E-state index in [4.69, 9.17) is 5.11 Å². The zero-order chi connectivity index (χ0) is 18.6. The first kappa shape index (κ1) is 18.4. The first-order valence-corrected chi connectivity index (χ1v) is 10.2. The van der Waals surface area contributed by atoms with E-state index in [1.165, 1.54) is 0 Å². The monoisotopic (exact) mass is 372 g/mol. The quantitative estimate of drug-likeness (QED) is 0.447. The topological polar surface area (TPSA) is 102 Å². The molecule has 136 valence electrons. The van der Waals surface area contributed by atoms with Crippen molar-refractivity contribution in [2.45, 2.75) is 25.0 Å². The molecule has 0 aliphatic heterocycles. The first-order valence-electron chi connectivity index (χ1n) is 8.36. The number of aliphatic carboxylic acids is 1. The first-order chi connectivity index (χ1) is 12.4. The Morgan fingerprint density at radius 2 is 1.81 bits per heavy atom. The third-order valence-corrected chi connectivity index (χ3v) is 5.75. The van der Waals surface area contributed by atoms with Crippen molar-refractivity contribution in [1.29, 1.82) is 0 Å². The molecule has 3 aromatic rings. The summed E-state index contributed by atoms with van der Waals surface area (Å²) >= 11 is 0. The van der Waals surface area contributed by atoms with Gasteiger partial charge in [-0.25, -0.2) is 5.09 Å². The molecule has 7 heteroatoms. The summed E-state index contributed by atoms with van der Waals surface area (Å²) in [5, 5.41) is 12.8. The number of carboxylic acid groups (broad SMARTS) is 1. The molecule has 2 aromatic carbocycles. The van der Waals surface area contributed by atoms with Crippen molar-refractivity contribution < 1.29 is 19.4 Å². The van der Waals surface area contributed by atoms with Crippen molar-refractivity contribution in [3.8, 4) is 0 Å². The molecule has 2 unspecified atom stereocenters. The number of rotatable bonds is 8. The molecule has 4 N–H and O–H groups in total. The van der Waals surface area contributed by atoms with Crippen LogP contribution >= 0.6 is 7.52 Å². The Morgan fingerprint density at radius 1 is 1.12 bits per heavy atom. The van der Waals surface area contributed by atoms with Crippen LogP contribution in [0.25, 0.3) is 10.9 Å². The molecule has 0 saturated carbocycles. The summed E-state index contributed by atoms with van der Waals surface area (Å²) in [5.74, 6) is -0.938. The van der Waals surface area contributed by atoms with Crippen molar-refractivity contribution in [2.75, 3.05) is 0 Å². The van der Waals surface area contributed by atoms with Crippen molar-refractivity contribution in [2.24, 2.45) is 0 Å². The maximum absolute atomic E-state index is 12.8. The zero-order valence-corrected chi connectivity index (χ0v) is 15.0. The van der Waals surface area contributed by atoms with Gasteiger partial charge >= 0.3 is 5.97 Å². The molecule has 2 atom stereocenters. The average molecular weight is 372 g/mol. The molecule has 26 heavy (non-hydrogen) atoms. The highest BCUT2D eigenvalue weighted by molar-refractivity contribution is 7.55. The van der Waals surface area contributed by atoms with E-state index in [1.807, 2.05) is 42.5 Å². The molecule has 0 amide bonds. The maximum Gasteiger partial charge on any atom is 0.303 e. The van der Waals surface area contributed by atoms with Gasteiger partial charge in [0.25, 0.3) is 7.52 Å². The van der Waals surface area contributed by atoms with Gasteiger partial charge in [0, 0.05) is 29.6 Å². The molecule has 1 heterocycles. The van der Waals surface area contributed by atoms with E-state index in [1.54, 1.807) is 18.3 Å². The Morgan fingerprint density at radius 3 is 2.54 bits per heavy atom. The Hall–Kier alpha value is -2.40. The fourth-order valence-corrected chi connectivity index (χ4v) is 4.61. The number of para-hydroxylation sites is 1. The van der Waals surface area contributed by atoms with Gasteiger partial charge < -0.3 is 15.0 Å². The minimum absolute atomic E-state index is 0.0141. The maximum atomic E-state index is 12.8. The molecule has 0 bridgehead atoms. The van der Waals surface area contributed by atoms with Gasteiger partial charge in [0.2, 0.25) is 0 Å². The summed E-state index contributed by atoms with van der Waals surface area (Å²) in [6.07, 6.45) is 1.88. The van der Waals surface area contributed by atoms with Gasteiger partial charge in [0.15, 0.2) is 0 Å². The molecule has 0 fully saturated rings. The summed E-state index contributed by atoms with van der Waals surface area (Å²) in [6.45, 7) is 0. The fraction of sp³-hybridized carbons (Fsp3) is 0.211. The highest BCUT2D eigenvalue weighted by atomic mass is 31.2. The molecule has 0 radical (unpaired) electrons. The molecule has 0 aliphatic carbocycles. The number of fused-ring (bicyclic) bond motifs is 1. The normalized spacial score (nSPS) is 14.8. The van der Waals surface area contributed by atoms with Gasteiger partial charge in [0.05, 0.1) is 6.16 Å². The van der Waals surface area contributed by atoms with Crippen LogP contribution in [0.5, 0.6) is 0 Å². The molecule has 0 aliphatic rings. The second kappa shape index (κ2) is 7.87. The molecular weight excluding hydrogens is 351 g/mol. The molecular formula is C19H21N2O4P. The molecule has 1 aromatic heterocycles. The minimum atomic E-state index is -3.71. The van der Waals surface area contributed by atoms with Crippen molar-refractivity contribution in [1.82, 2.24) is 10.1 Å². The lowest BCUT2D eigenvalue weighted by Crippen LogP contribution is -2.20. The van der Waals surface area contributed by atoms with Crippen LogP contribution in [0.15, 0.2) is 60.8 Å². The van der Waals surface area contributed by atoms with Crippen LogP contribution in [0.2, 0.25) is 0 Å².